The first-order valence-corrected chi connectivity index (χ1v) is 6.83. The van der Waals surface area contributed by atoms with Gasteiger partial charge in [-0.25, -0.2) is 4.79 Å². The molecular formula is C15H21NO5. The van der Waals surface area contributed by atoms with Crippen molar-refractivity contribution in [3.05, 3.63) is 29.3 Å². The number of amides is 1. The third-order valence-corrected chi connectivity index (χ3v) is 2.83. The molecule has 0 fully saturated rings. The van der Waals surface area contributed by atoms with Gasteiger partial charge in [0.15, 0.2) is 0 Å². The van der Waals surface area contributed by atoms with Crippen LogP contribution in [-0.4, -0.2) is 43.9 Å². The fraction of sp³-hybridized carbons (Fsp3) is 0.467. The average molecular weight is 295 g/mol. The van der Waals surface area contributed by atoms with Gasteiger partial charge >= 0.3 is 5.97 Å². The number of ether oxygens (including phenoxy) is 2. The number of rotatable bonds is 9. The molecular weight excluding hydrogens is 274 g/mol. The van der Waals surface area contributed by atoms with Crippen LogP contribution in [0.2, 0.25) is 0 Å². The largest absolute Gasteiger partial charge is 0.496 e. The summed E-state index contributed by atoms with van der Waals surface area (Å²) in [6, 6.07) is 4.69. The number of hydrogen-bond donors (Lipinski definition) is 2. The molecule has 0 aliphatic rings. The summed E-state index contributed by atoms with van der Waals surface area (Å²) >= 11 is 0. The first-order valence-electron chi connectivity index (χ1n) is 6.83. The lowest BCUT2D eigenvalue weighted by Crippen LogP contribution is -2.29. The molecule has 0 saturated heterocycles. The van der Waals surface area contributed by atoms with Crippen molar-refractivity contribution < 1.29 is 24.2 Å². The Labute approximate surface area is 124 Å². The zero-order valence-corrected chi connectivity index (χ0v) is 12.3. The van der Waals surface area contributed by atoms with Crippen LogP contribution in [0.1, 0.15) is 29.3 Å². The van der Waals surface area contributed by atoms with E-state index in [0.717, 1.165) is 12.0 Å². The number of carbonyl (C=O) groups excluding carboxylic acids is 1. The Hall–Kier alpha value is -2.08. The zero-order chi connectivity index (χ0) is 15.7. The molecule has 6 nitrogen and oxygen atoms in total. The predicted molar refractivity (Wildman–Crippen MR) is 77.8 cm³/mol. The Balaban J connectivity index is 2.48. The number of aromatic carboxylic acids is 1. The van der Waals surface area contributed by atoms with E-state index in [4.69, 9.17) is 14.6 Å². The molecule has 0 aliphatic carbocycles. The summed E-state index contributed by atoms with van der Waals surface area (Å²) in [4.78, 5) is 22.3. The van der Waals surface area contributed by atoms with Crippen molar-refractivity contribution >= 4 is 11.9 Å². The van der Waals surface area contributed by atoms with E-state index >= 15 is 0 Å². The van der Waals surface area contributed by atoms with Crippen molar-refractivity contribution in [2.24, 2.45) is 0 Å². The van der Waals surface area contributed by atoms with Crippen molar-refractivity contribution in [3.63, 3.8) is 0 Å². The van der Waals surface area contributed by atoms with Crippen molar-refractivity contribution in [2.45, 2.75) is 19.8 Å². The molecule has 0 spiro atoms. The van der Waals surface area contributed by atoms with Gasteiger partial charge in [-0.15, -0.1) is 0 Å². The SMILES string of the molecule is CCCOCC(=O)NCCc1ccc(C(=O)O)cc1OC. The van der Waals surface area contributed by atoms with Gasteiger partial charge in [-0.1, -0.05) is 13.0 Å². The standard InChI is InChI=1S/C15H21NO5/c1-3-8-21-10-14(17)16-7-6-11-4-5-12(15(18)19)9-13(11)20-2/h4-5,9H,3,6-8,10H2,1-2H3,(H,16,17)(H,18,19). The van der Waals surface area contributed by atoms with Crippen LogP contribution in [0, 0.1) is 0 Å². The molecule has 0 heterocycles. The summed E-state index contributed by atoms with van der Waals surface area (Å²) in [5.74, 6) is -0.655. The molecule has 21 heavy (non-hydrogen) atoms. The molecule has 0 radical (unpaired) electrons. The zero-order valence-electron chi connectivity index (χ0n) is 12.3. The van der Waals surface area contributed by atoms with E-state index in [-0.39, 0.29) is 18.1 Å². The Morgan fingerprint density at radius 1 is 1.33 bits per heavy atom. The molecule has 0 atom stereocenters. The molecule has 1 aromatic carbocycles. The molecule has 2 N–H and O–H groups in total. The Bertz CT molecular complexity index is 487. The quantitative estimate of drug-likeness (QED) is 0.674. The summed E-state index contributed by atoms with van der Waals surface area (Å²) < 4.78 is 10.3. The van der Waals surface area contributed by atoms with Crippen LogP contribution >= 0.6 is 0 Å². The highest BCUT2D eigenvalue weighted by atomic mass is 16.5. The monoisotopic (exact) mass is 295 g/mol. The average Bonchev–Trinajstić information content (AvgIpc) is 2.47. The summed E-state index contributed by atoms with van der Waals surface area (Å²) in [5, 5.41) is 11.7. The predicted octanol–water partition coefficient (Wildman–Crippen LogP) is 1.48. The van der Waals surface area contributed by atoms with Gasteiger partial charge in [0.1, 0.15) is 12.4 Å². The molecule has 0 aromatic heterocycles. The number of carbonyl (C=O) groups is 2. The smallest absolute Gasteiger partial charge is 0.335 e. The summed E-state index contributed by atoms with van der Waals surface area (Å²) in [7, 11) is 1.49. The molecule has 1 amide bonds. The van der Waals surface area contributed by atoms with E-state index in [1.807, 2.05) is 6.92 Å². The third-order valence-electron chi connectivity index (χ3n) is 2.83. The van der Waals surface area contributed by atoms with Crippen LogP contribution in [0.5, 0.6) is 5.75 Å². The highest BCUT2D eigenvalue weighted by Gasteiger charge is 2.09. The van der Waals surface area contributed by atoms with Crippen molar-refractivity contribution in [1.82, 2.24) is 5.32 Å². The molecule has 0 aliphatic heterocycles. The Morgan fingerprint density at radius 3 is 2.71 bits per heavy atom. The van der Waals surface area contributed by atoms with Crippen molar-refractivity contribution in [2.75, 3.05) is 26.9 Å². The lowest BCUT2D eigenvalue weighted by atomic mass is 10.1. The van der Waals surface area contributed by atoms with Gasteiger partial charge in [-0.2, -0.15) is 0 Å². The molecule has 0 unspecified atom stereocenters. The highest BCUT2D eigenvalue weighted by Crippen LogP contribution is 2.20. The lowest BCUT2D eigenvalue weighted by Gasteiger charge is -2.10. The minimum absolute atomic E-state index is 0.0585. The van der Waals surface area contributed by atoms with Gasteiger partial charge in [0.25, 0.3) is 0 Å². The number of benzene rings is 1. The third kappa shape index (κ3) is 5.83. The van der Waals surface area contributed by atoms with Gasteiger partial charge in [0.2, 0.25) is 5.91 Å². The Kier molecular flexibility index (Phi) is 7.25. The van der Waals surface area contributed by atoms with Crippen LogP contribution in [0.3, 0.4) is 0 Å². The second-order valence-electron chi connectivity index (χ2n) is 4.48. The summed E-state index contributed by atoms with van der Waals surface area (Å²) in [5.41, 5.74) is 1.02. The van der Waals surface area contributed by atoms with E-state index in [0.29, 0.717) is 25.3 Å². The van der Waals surface area contributed by atoms with Crippen LogP contribution in [0.15, 0.2) is 18.2 Å². The highest BCUT2D eigenvalue weighted by molar-refractivity contribution is 5.88. The number of carboxylic acids is 1. The van der Waals surface area contributed by atoms with Crippen molar-refractivity contribution in [3.8, 4) is 5.75 Å². The minimum Gasteiger partial charge on any atom is -0.496 e. The normalized spacial score (nSPS) is 10.2. The molecule has 0 saturated carbocycles. The maximum absolute atomic E-state index is 11.5. The van der Waals surface area contributed by atoms with Gasteiger partial charge in [-0.05, 0) is 30.5 Å². The van der Waals surface area contributed by atoms with Gasteiger partial charge < -0.3 is 19.9 Å². The first-order chi connectivity index (χ1) is 10.1. The summed E-state index contributed by atoms with van der Waals surface area (Å²) in [6.45, 7) is 3.04. The van der Waals surface area contributed by atoms with Crippen LogP contribution in [0.25, 0.3) is 0 Å². The molecule has 116 valence electrons. The van der Waals surface area contributed by atoms with Crippen molar-refractivity contribution in [1.29, 1.82) is 0 Å². The molecule has 1 aromatic rings. The number of carboxylic acid groups (broad SMARTS) is 1. The van der Waals surface area contributed by atoms with Gasteiger partial charge in [0.05, 0.1) is 12.7 Å². The minimum atomic E-state index is -0.999. The fourth-order valence-electron chi connectivity index (χ4n) is 1.78. The van der Waals surface area contributed by atoms with Crippen LogP contribution in [-0.2, 0) is 16.0 Å². The van der Waals surface area contributed by atoms with Gasteiger partial charge in [-0.3, -0.25) is 4.79 Å². The lowest BCUT2D eigenvalue weighted by molar-refractivity contribution is -0.125. The van der Waals surface area contributed by atoms with Gasteiger partial charge in [0, 0.05) is 13.2 Å². The Morgan fingerprint density at radius 2 is 2.10 bits per heavy atom. The number of methoxy groups -OCH3 is 1. The molecule has 1 rings (SSSR count). The van der Waals surface area contributed by atoms with Crippen LogP contribution in [0.4, 0.5) is 0 Å². The topological polar surface area (TPSA) is 84.9 Å². The second-order valence-corrected chi connectivity index (χ2v) is 4.48. The van der Waals surface area contributed by atoms with Crippen LogP contribution < -0.4 is 10.1 Å². The number of nitrogens with one attached hydrogen (secondary N) is 1. The maximum Gasteiger partial charge on any atom is 0.335 e. The first kappa shape index (κ1) is 17.0. The van der Waals surface area contributed by atoms with E-state index in [2.05, 4.69) is 5.32 Å². The van der Waals surface area contributed by atoms with E-state index < -0.39 is 5.97 Å². The van der Waals surface area contributed by atoms with E-state index in [1.54, 1.807) is 6.07 Å². The van der Waals surface area contributed by atoms with E-state index in [1.165, 1.54) is 19.2 Å². The molecule has 6 heteroatoms. The summed E-state index contributed by atoms with van der Waals surface area (Å²) in [6.07, 6.45) is 1.43. The fourth-order valence-corrected chi connectivity index (χ4v) is 1.78. The second kappa shape index (κ2) is 8.97. The number of hydrogen-bond acceptors (Lipinski definition) is 4. The van der Waals surface area contributed by atoms with E-state index in [9.17, 15) is 9.59 Å². The maximum atomic E-state index is 11.5. The molecule has 0 bridgehead atoms.